The van der Waals surface area contributed by atoms with Crippen molar-refractivity contribution in [3.63, 3.8) is 0 Å². The number of benzene rings is 2. The molecule has 5 heteroatoms. The van der Waals surface area contributed by atoms with Crippen LogP contribution in [0.4, 0.5) is 11.4 Å². The minimum atomic E-state index is -0.137. The second-order valence-corrected chi connectivity index (χ2v) is 4.92. The molecular weight excluding hydrogens is 260 g/mol. The summed E-state index contributed by atoms with van der Waals surface area (Å²) >= 11 is 0.761. The van der Waals surface area contributed by atoms with Crippen molar-refractivity contribution < 1.29 is 8.98 Å². The summed E-state index contributed by atoms with van der Waals surface area (Å²) in [6, 6.07) is 12.8. The number of carbonyl (C=O) groups is 1. The van der Waals surface area contributed by atoms with Gasteiger partial charge in [0.2, 0.25) is 5.12 Å². The van der Waals surface area contributed by atoms with Crippen molar-refractivity contribution in [1.82, 2.24) is 0 Å². The van der Waals surface area contributed by atoms with Crippen LogP contribution in [-0.2, 0) is 4.79 Å². The van der Waals surface area contributed by atoms with Crippen LogP contribution in [0, 0.1) is 0 Å². The quantitative estimate of drug-likeness (QED) is 0.664. The molecule has 4 nitrogen and oxygen atoms in total. The summed E-state index contributed by atoms with van der Waals surface area (Å²) in [5.74, 6) is 0.480. The summed E-state index contributed by atoms with van der Waals surface area (Å²) in [6.45, 7) is 1.43. The van der Waals surface area contributed by atoms with Crippen molar-refractivity contribution in [1.29, 1.82) is 0 Å². The van der Waals surface area contributed by atoms with Crippen molar-refractivity contribution in [2.45, 2.75) is 6.92 Å². The molecule has 0 atom stereocenters. The van der Waals surface area contributed by atoms with Gasteiger partial charge in [-0.1, -0.05) is 24.3 Å². The predicted octanol–water partition coefficient (Wildman–Crippen LogP) is 3.09. The average Bonchev–Trinajstić information content (AvgIpc) is 2.37. The standard InChI is InChI=1S/C14H14N2O2S/c1-9(17)19-18-14-12(6-3-7-13(14)16)10-4-2-5-11(15)8-10/h2-8H,15-16H2,1H3. The number of nitrogens with two attached hydrogens (primary N) is 2. The Balaban J connectivity index is 2.45. The lowest BCUT2D eigenvalue weighted by Gasteiger charge is -2.12. The molecule has 0 aliphatic carbocycles. The Morgan fingerprint density at radius 3 is 2.58 bits per heavy atom. The fourth-order valence-electron chi connectivity index (χ4n) is 1.68. The molecule has 0 aliphatic rings. The van der Waals surface area contributed by atoms with Gasteiger partial charge in [0.25, 0.3) is 0 Å². The molecule has 0 heterocycles. The van der Waals surface area contributed by atoms with E-state index in [2.05, 4.69) is 0 Å². The minimum Gasteiger partial charge on any atom is -0.415 e. The second kappa shape index (κ2) is 5.67. The molecule has 0 fully saturated rings. The van der Waals surface area contributed by atoms with Gasteiger partial charge in [0.05, 0.1) is 5.69 Å². The maximum atomic E-state index is 11.0. The number of rotatable bonds is 3. The molecular formula is C14H14N2O2S. The van der Waals surface area contributed by atoms with E-state index < -0.39 is 0 Å². The van der Waals surface area contributed by atoms with Crippen molar-refractivity contribution in [2.24, 2.45) is 0 Å². The summed E-state index contributed by atoms with van der Waals surface area (Å²) in [4.78, 5) is 11.0. The van der Waals surface area contributed by atoms with Crippen LogP contribution in [0.25, 0.3) is 11.1 Å². The van der Waals surface area contributed by atoms with Gasteiger partial charge in [-0.25, -0.2) is 0 Å². The molecule has 0 aromatic heterocycles. The average molecular weight is 274 g/mol. The van der Waals surface area contributed by atoms with Crippen molar-refractivity contribution >= 4 is 28.5 Å². The maximum absolute atomic E-state index is 11.0. The topological polar surface area (TPSA) is 78.3 Å². The number of anilines is 2. The van der Waals surface area contributed by atoms with Crippen molar-refractivity contribution in [2.75, 3.05) is 11.5 Å². The number of hydrogen-bond acceptors (Lipinski definition) is 5. The lowest BCUT2D eigenvalue weighted by molar-refractivity contribution is -0.109. The zero-order valence-corrected chi connectivity index (χ0v) is 11.2. The fourth-order valence-corrected chi connectivity index (χ4v) is 2.07. The molecule has 19 heavy (non-hydrogen) atoms. The normalized spacial score (nSPS) is 10.2. The first kappa shape index (κ1) is 13.3. The van der Waals surface area contributed by atoms with Gasteiger partial charge in [0.15, 0.2) is 5.75 Å². The van der Waals surface area contributed by atoms with Crippen LogP contribution in [0.15, 0.2) is 42.5 Å². The van der Waals surface area contributed by atoms with E-state index >= 15 is 0 Å². The zero-order chi connectivity index (χ0) is 13.8. The largest absolute Gasteiger partial charge is 0.415 e. The summed E-state index contributed by atoms with van der Waals surface area (Å²) < 4.78 is 5.42. The van der Waals surface area contributed by atoms with Gasteiger partial charge >= 0.3 is 0 Å². The highest BCUT2D eigenvalue weighted by Gasteiger charge is 2.11. The zero-order valence-electron chi connectivity index (χ0n) is 10.4. The first-order valence-corrected chi connectivity index (χ1v) is 6.41. The van der Waals surface area contributed by atoms with Gasteiger partial charge in [-0.15, -0.1) is 0 Å². The van der Waals surface area contributed by atoms with Gasteiger partial charge < -0.3 is 15.7 Å². The molecule has 2 aromatic carbocycles. The van der Waals surface area contributed by atoms with E-state index in [-0.39, 0.29) is 5.12 Å². The monoisotopic (exact) mass is 274 g/mol. The van der Waals surface area contributed by atoms with Crippen LogP contribution >= 0.6 is 12.0 Å². The highest BCUT2D eigenvalue weighted by molar-refractivity contribution is 8.09. The number of hydrogen-bond donors (Lipinski definition) is 2. The van der Waals surface area contributed by atoms with E-state index in [1.807, 2.05) is 30.3 Å². The van der Waals surface area contributed by atoms with Gasteiger partial charge in [-0.05, 0) is 23.8 Å². The highest BCUT2D eigenvalue weighted by atomic mass is 32.2. The molecule has 0 radical (unpaired) electrons. The first-order chi connectivity index (χ1) is 9.08. The summed E-state index contributed by atoms with van der Waals surface area (Å²) in [7, 11) is 0. The van der Waals surface area contributed by atoms with Crippen molar-refractivity contribution in [3.8, 4) is 16.9 Å². The maximum Gasteiger partial charge on any atom is 0.224 e. The SMILES string of the molecule is CC(=O)SOc1c(N)cccc1-c1cccc(N)c1. The van der Waals surface area contributed by atoms with Crippen LogP contribution in [0.3, 0.4) is 0 Å². The lowest BCUT2D eigenvalue weighted by atomic mass is 10.0. The second-order valence-electron chi connectivity index (χ2n) is 4.01. The molecule has 0 saturated carbocycles. The van der Waals surface area contributed by atoms with E-state index in [1.54, 1.807) is 12.1 Å². The number of carbonyl (C=O) groups excluding carboxylic acids is 1. The molecule has 0 saturated heterocycles. The van der Waals surface area contributed by atoms with E-state index in [9.17, 15) is 4.79 Å². The van der Waals surface area contributed by atoms with Gasteiger partial charge in [0, 0.05) is 18.2 Å². The Hall–Kier alpha value is -2.14. The Morgan fingerprint density at radius 1 is 1.16 bits per heavy atom. The van der Waals surface area contributed by atoms with Crippen LogP contribution in [0.2, 0.25) is 0 Å². The Bertz CT molecular complexity index is 614. The fraction of sp³-hybridized carbons (Fsp3) is 0.0714. The van der Waals surface area contributed by atoms with Gasteiger partial charge in [0.1, 0.15) is 12.0 Å². The minimum absolute atomic E-state index is 0.137. The third kappa shape index (κ3) is 3.20. The smallest absolute Gasteiger partial charge is 0.224 e. The molecule has 2 rings (SSSR count). The Morgan fingerprint density at radius 2 is 1.89 bits per heavy atom. The molecule has 0 amide bonds. The number of nitrogen functional groups attached to an aromatic ring is 2. The van der Waals surface area contributed by atoms with E-state index in [0.29, 0.717) is 17.1 Å². The van der Waals surface area contributed by atoms with Crippen LogP contribution in [-0.4, -0.2) is 5.12 Å². The molecule has 0 spiro atoms. The Labute approximate surface area is 116 Å². The lowest BCUT2D eigenvalue weighted by Crippen LogP contribution is -1.96. The number of para-hydroxylation sites is 1. The van der Waals surface area contributed by atoms with Crippen LogP contribution < -0.4 is 15.7 Å². The molecule has 0 aliphatic heterocycles. The third-order valence-electron chi connectivity index (χ3n) is 2.49. The first-order valence-electron chi connectivity index (χ1n) is 5.67. The van der Waals surface area contributed by atoms with Crippen LogP contribution in [0.1, 0.15) is 6.92 Å². The molecule has 2 aromatic rings. The van der Waals surface area contributed by atoms with Gasteiger partial charge in [-0.3, -0.25) is 4.79 Å². The third-order valence-corrected chi connectivity index (χ3v) is 2.97. The molecule has 4 N–H and O–H groups in total. The summed E-state index contributed by atoms with van der Waals surface area (Å²) in [5.41, 5.74) is 14.5. The van der Waals surface area contributed by atoms with Crippen LogP contribution in [0.5, 0.6) is 5.75 Å². The van der Waals surface area contributed by atoms with E-state index in [4.69, 9.17) is 15.7 Å². The summed E-state index contributed by atoms with van der Waals surface area (Å²) in [5, 5.41) is -0.137. The molecule has 98 valence electrons. The molecule has 0 bridgehead atoms. The van der Waals surface area contributed by atoms with Crippen molar-refractivity contribution in [3.05, 3.63) is 42.5 Å². The summed E-state index contributed by atoms with van der Waals surface area (Å²) in [6.07, 6.45) is 0. The highest BCUT2D eigenvalue weighted by Crippen LogP contribution is 2.37. The Kier molecular flexibility index (Phi) is 3.97. The molecule has 0 unspecified atom stereocenters. The van der Waals surface area contributed by atoms with E-state index in [1.165, 1.54) is 6.92 Å². The predicted molar refractivity (Wildman–Crippen MR) is 79.6 cm³/mol. The van der Waals surface area contributed by atoms with E-state index in [0.717, 1.165) is 23.2 Å². The van der Waals surface area contributed by atoms with Gasteiger partial charge in [-0.2, -0.15) is 0 Å².